The SMILES string of the molecule is NC(=O)c1nn(-c2c(Cl)cc(F)cc2Cl)cc1Nc1ccc(C(=O)N2CCOCC2)cc1. The molecule has 4 rings (SSSR count). The number of primary amides is 1. The molecule has 1 aromatic heterocycles. The van der Waals surface area contributed by atoms with Crippen molar-refractivity contribution >= 4 is 46.4 Å². The maximum Gasteiger partial charge on any atom is 0.271 e. The van der Waals surface area contributed by atoms with E-state index in [0.29, 0.717) is 43.2 Å². The highest BCUT2D eigenvalue weighted by atomic mass is 35.5. The lowest BCUT2D eigenvalue weighted by Gasteiger charge is -2.26. The van der Waals surface area contributed by atoms with Gasteiger partial charge in [0.05, 0.1) is 35.1 Å². The van der Waals surface area contributed by atoms with E-state index >= 15 is 0 Å². The topological polar surface area (TPSA) is 102 Å². The van der Waals surface area contributed by atoms with Crippen molar-refractivity contribution in [2.24, 2.45) is 5.73 Å². The highest BCUT2D eigenvalue weighted by Gasteiger charge is 2.20. The number of rotatable bonds is 5. The van der Waals surface area contributed by atoms with Gasteiger partial charge in [0.25, 0.3) is 11.8 Å². The Balaban J connectivity index is 1.59. The molecule has 2 heterocycles. The summed E-state index contributed by atoms with van der Waals surface area (Å²) in [5, 5.41) is 7.24. The maximum atomic E-state index is 13.5. The minimum Gasteiger partial charge on any atom is -0.378 e. The first kappa shape index (κ1) is 22.1. The number of aromatic nitrogens is 2. The van der Waals surface area contributed by atoms with Gasteiger partial charge in [0.1, 0.15) is 11.5 Å². The van der Waals surface area contributed by atoms with Crippen LogP contribution in [0.3, 0.4) is 0 Å². The number of halogens is 3. The largest absolute Gasteiger partial charge is 0.378 e. The summed E-state index contributed by atoms with van der Waals surface area (Å²) in [5.41, 5.74) is 7.04. The average molecular weight is 478 g/mol. The molecule has 0 atom stereocenters. The van der Waals surface area contributed by atoms with Crippen LogP contribution in [-0.4, -0.2) is 52.8 Å². The van der Waals surface area contributed by atoms with Gasteiger partial charge in [-0.2, -0.15) is 5.10 Å². The van der Waals surface area contributed by atoms with Gasteiger partial charge in [-0.25, -0.2) is 9.07 Å². The van der Waals surface area contributed by atoms with Crippen molar-refractivity contribution in [2.75, 3.05) is 31.6 Å². The van der Waals surface area contributed by atoms with Crippen LogP contribution in [0.25, 0.3) is 5.69 Å². The van der Waals surface area contributed by atoms with Crippen molar-refractivity contribution in [2.45, 2.75) is 0 Å². The lowest BCUT2D eigenvalue weighted by molar-refractivity contribution is 0.0303. The molecule has 0 aliphatic carbocycles. The Hall–Kier alpha value is -3.14. The molecule has 0 radical (unpaired) electrons. The molecule has 2 aromatic carbocycles. The van der Waals surface area contributed by atoms with Gasteiger partial charge in [0, 0.05) is 24.3 Å². The molecule has 1 saturated heterocycles. The van der Waals surface area contributed by atoms with Crippen LogP contribution in [0.4, 0.5) is 15.8 Å². The van der Waals surface area contributed by atoms with E-state index in [-0.39, 0.29) is 27.3 Å². The monoisotopic (exact) mass is 477 g/mol. The standard InChI is InChI=1S/C21H18Cl2FN5O3/c22-15-9-13(24)10-16(23)19(15)29-11-17(18(27-29)20(25)30)26-14-3-1-12(2-4-14)21(31)28-5-7-32-8-6-28/h1-4,9-11,26H,5-8H2,(H2,25,30). The van der Waals surface area contributed by atoms with Gasteiger partial charge in [-0.05, 0) is 36.4 Å². The van der Waals surface area contributed by atoms with Crippen molar-refractivity contribution in [3.63, 3.8) is 0 Å². The van der Waals surface area contributed by atoms with Crippen LogP contribution >= 0.6 is 23.2 Å². The summed E-state index contributed by atoms with van der Waals surface area (Å²) in [5.74, 6) is -1.46. The van der Waals surface area contributed by atoms with E-state index in [0.717, 1.165) is 12.1 Å². The number of nitrogens with two attached hydrogens (primary N) is 1. The van der Waals surface area contributed by atoms with Crippen molar-refractivity contribution in [3.8, 4) is 5.69 Å². The van der Waals surface area contributed by atoms with E-state index in [1.807, 2.05) is 0 Å². The van der Waals surface area contributed by atoms with Crippen LogP contribution in [0.1, 0.15) is 20.8 Å². The minimum absolute atomic E-state index is 0.0195. The number of hydrogen-bond acceptors (Lipinski definition) is 5. The number of carbonyl (C=O) groups is 2. The fourth-order valence-corrected chi connectivity index (χ4v) is 3.95. The predicted molar refractivity (Wildman–Crippen MR) is 119 cm³/mol. The lowest BCUT2D eigenvalue weighted by Crippen LogP contribution is -2.40. The number of carbonyl (C=O) groups excluding carboxylic acids is 2. The highest BCUT2D eigenvalue weighted by molar-refractivity contribution is 6.37. The molecule has 1 aliphatic rings. The quantitative estimate of drug-likeness (QED) is 0.583. The molecule has 0 unspecified atom stereocenters. The smallest absolute Gasteiger partial charge is 0.271 e. The maximum absolute atomic E-state index is 13.5. The van der Waals surface area contributed by atoms with Crippen molar-refractivity contribution < 1.29 is 18.7 Å². The van der Waals surface area contributed by atoms with Gasteiger partial charge in [-0.3, -0.25) is 9.59 Å². The number of nitrogens with zero attached hydrogens (tertiary/aromatic N) is 3. The molecule has 3 aromatic rings. The molecular formula is C21H18Cl2FN5O3. The number of benzene rings is 2. The summed E-state index contributed by atoms with van der Waals surface area (Å²) in [6.45, 7) is 2.14. The summed E-state index contributed by atoms with van der Waals surface area (Å²) >= 11 is 12.2. The van der Waals surface area contributed by atoms with E-state index in [1.165, 1.54) is 10.9 Å². The van der Waals surface area contributed by atoms with E-state index in [9.17, 15) is 14.0 Å². The van der Waals surface area contributed by atoms with Crippen LogP contribution < -0.4 is 11.1 Å². The molecule has 0 bridgehead atoms. The molecule has 2 amide bonds. The highest BCUT2D eigenvalue weighted by Crippen LogP contribution is 2.31. The van der Waals surface area contributed by atoms with Crippen LogP contribution in [0.15, 0.2) is 42.6 Å². The lowest BCUT2D eigenvalue weighted by atomic mass is 10.1. The van der Waals surface area contributed by atoms with Crippen LogP contribution in [0, 0.1) is 5.82 Å². The van der Waals surface area contributed by atoms with Gasteiger partial charge in [0.15, 0.2) is 5.69 Å². The summed E-state index contributed by atoms with van der Waals surface area (Å²) in [7, 11) is 0. The molecule has 11 heteroatoms. The van der Waals surface area contributed by atoms with Crippen LogP contribution in [-0.2, 0) is 4.74 Å². The summed E-state index contributed by atoms with van der Waals surface area (Å²) < 4.78 is 20.0. The van der Waals surface area contributed by atoms with Gasteiger partial charge in [0.2, 0.25) is 0 Å². The van der Waals surface area contributed by atoms with E-state index in [4.69, 9.17) is 33.7 Å². The Kier molecular flexibility index (Phi) is 6.31. The van der Waals surface area contributed by atoms with Gasteiger partial charge in [-0.15, -0.1) is 0 Å². The number of anilines is 2. The van der Waals surface area contributed by atoms with E-state index in [1.54, 1.807) is 29.2 Å². The normalized spacial score (nSPS) is 13.8. The van der Waals surface area contributed by atoms with Crippen LogP contribution in [0.2, 0.25) is 10.0 Å². The van der Waals surface area contributed by atoms with Crippen molar-refractivity contribution in [3.05, 3.63) is 69.7 Å². The van der Waals surface area contributed by atoms with Gasteiger partial charge >= 0.3 is 0 Å². The number of ether oxygens (including phenoxy) is 1. The van der Waals surface area contributed by atoms with Gasteiger partial charge in [-0.1, -0.05) is 23.2 Å². The third-order valence-corrected chi connectivity index (χ3v) is 5.44. The zero-order valence-electron chi connectivity index (χ0n) is 16.6. The molecular weight excluding hydrogens is 460 g/mol. The second-order valence-electron chi connectivity index (χ2n) is 7.03. The minimum atomic E-state index is -0.778. The number of hydrogen-bond donors (Lipinski definition) is 2. The second kappa shape index (κ2) is 9.15. The molecule has 32 heavy (non-hydrogen) atoms. The first-order chi connectivity index (χ1) is 15.3. The molecule has 1 aliphatic heterocycles. The van der Waals surface area contributed by atoms with E-state index < -0.39 is 11.7 Å². The number of morpholine rings is 1. The first-order valence-corrected chi connectivity index (χ1v) is 10.4. The second-order valence-corrected chi connectivity index (χ2v) is 7.84. The van der Waals surface area contributed by atoms with Crippen molar-refractivity contribution in [1.29, 1.82) is 0 Å². The molecule has 8 nitrogen and oxygen atoms in total. The fraction of sp³-hybridized carbons (Fsp3) is 0.190. The van der Waals surface area contributed by atoms with Crippen molar-refractivity contribution in [1.82, 2.24) is 14.7 Å². The fourth-order valence-electron chi connectivity index (χ4n) is 3.32. The zero-order valence-corrected chi connectivity index (χ0v) is 18.2. The Labute approximate surface area is 192 Å². The van der Waals surface area contributed by atoms with Crippen LogP contribution in [0.5, 0.6) is 0 Å². The Morgan fingerprint density at radius 1 is 1.09 bits per heavy atom. The average Bonchev–Trinajstić information content (AvgIpc) is 3.17. The summed E-state index contributed by atoms with van der Waals surface area (Å²) in [6, 6.07) is 8.95. The predicted octanol–water partition coefficient (Wildman–Crippen LogP) is 3.63. The molecule has 1 fully saturated rings. The Bertz CT molecular complexity index is 1150. The molecule has 0 spiro atoms. The number of nitrogens with one attached hydrogen (secondary N) is 1. The van der Waals surface area contributed by atoms with Gasteiger partial charge < -0.3 is 20.7 Å². The molecule has 0 saturated carbocycles. The van der Waals surface area contributed by atoms with E-state index in [2.05, 4.69) is 10.4 Å². The number of amides is 2. The summed E-state index contributed by atoms with van der Waals surface area (Å²) in [6.07, 6.45) is 1.47. The molecule has 166 valence electrons. The third kappa shape index (κ3) is 4.55. The Morgan fingerprint density at radius 3 is 2.31 bits per heavy atom. The summed E-state index contributed by atoms with van der Waals surface area (Å²) in [4.78, 5) is 26.2. The Morgan fingerprint density at radius 2 is 1.72 bits per heavy atom. The third-order valence-electron chi connectivity index (χ3n) is 4.87. The molecule has 3 N–H and O–H groups in total. The zero-order chi connectivity index (χ0) is 22.8. The first-order valence-electron chi connectivity index (χ1n) is 9.62.